The largest absolute Gasteiger partial charge is 0.383 e. The molecule has 0 bridgehead atoms. The SMILES string of the molecule is CCN1CCC(Nn2nc(Cc3cccc4ccccc34)c3c(N)ncnc32)CC1. The van der Waals surface area contributed by atoms with Crippen LogP contribution in [0.25, 0.3) is 21.8 Å². The lowest BCUT2D eigenvalue weighted by Crippen LogP contribution is -2.41. The molecule has 0 radical (unpaired) electrons. The van der Waals surface area contributed by atoms with Crippen molar-refractivity contribution in [3.8, 4) is 0 Å². The third-order valence-corrected chi connectivity index (χ3v) is 6.14. The molecular formula is C23H27N7. The quantitative estimate of drug-likeness (QED) is 0.534. The first-order chi connectivity index (χ1) is 14.7. The monoisotopic (exact) mass is 401 g/mol. The number of nitrogens with one attached hydrogen (secondary N) is 1. The van der Waals surface area contributed by atoms with Gasteiger partial charge in [0.1, 0.15) is 12.1 Å². The molecule has 0 unspecified atom stereocenters. The maximum Gasteiger partial charge on any atom is 0.186 e. The van der Waals surface area contributed by atoms with Gasteiger partial charge < -0.3 is 16.1 Å². The summed E-state index contributed by atoms with van der Waals surface area (Å²) < 4.78 is 0. The zero-order valence-corrected chi connectivity index (χ0v) is 17.3. The minimum atomic E-state index is 0.373. The van der Waals surface area contributed by atoms with Gasteiger partial charge in [0.15, 0.2) is 5.65 Å². The Morgan fingerprint density at radius 3 is 2.70 bits per heavy atom. The van der Waals surface area contributed by atoms with Gasteiger partial charge in [-0.2, -0.15) is 9.89 Å². The van der Waals surface area contributed by atoms with Crippen LogP contribution in [0.5, 0.6) is 0 Å². The molecule has 7 nitrogen and oxygen atoms in total. The molecule has 1 aliphatic heterocycles. The highest BCUT2D eigenvalue weighted by molar-refractivity contribution is 5.90. The third-order valence-electron chi connectivity index (χ3n) is 6.14. The lowest BCUT2D eigenvalue weighted by Gasteiger charge is -2.31. The number of likely N-dealkylation sites (tertiary alicyclic amines) is 1. The van der Waals surface area contributed by atoms with E-state index < -0.39 is 0 Å². The van der Waals surface area contributed by atoms with Crippen LogP contribution >= 0.6 is 0 Å². The van der Waals surface area contributed by atoms with Crippen molar-refractivity contribution < 1.29 is 0 Å². The molecule has 2 aromatic carbocycles. The molecule has 7 heteroatoms. The molecule has 2 aromatic heterocycles. The Balaban J connectivity index is 1.50. The molecule has 0 spiro atoms. The Bertz CT molecular complexity index is 1170. The van der Waals surface area contributed by atoms with E-state index in [1.54, 1.807) is 0 Å². The first-order valence-electron chi connectivity index (χ1n) is 10.7. The number of anilines is 1. The standard InChI is InChI=1S/C23H27N7/c1-2-29-12-10-18(11-13-29)27-30-23-21(22(24)25-15-26-23)20(28-30)14-17-8-5-7-16-6-3-4-9-19(16)17/h3-9,15,18,27H,2,10-14H2,1H3,(H2,24,25,26). The normalized spacial score (nSPS) is 15.8. The van der Waals surface area contributed by atoms with Crippen LogP contribution in [-0.4, -0.2) is 50.4 Å². The Labute approximate surface area is 175 Å². The summed E-state index contributed by atoms with van der Waals surface area (Å²) in [5.74, 6) is 0.476. The van der Waals surface area contributed by atoms with Crippen LogP contribution in [0.1, 0.15) is 31.0 Å². The number of nitrogens with two attached hydrogens (primary N) is 1. The van der Waals surface area contributed by atoms with E-state index in [9.17, 15) is 0 Å². The van der Waals surface area contributed by atoms with Crippen molar-refractivity contribution in [1.29, 1.82) is 0 Å². The number of piperidine rings is 1. The van der Waals surface area contributed by atoms with Gasteiger partial charge in [-0.25, -0.2) is 9.97 Å². The Kier molecular flexibility index (Phi) is 4.96. The molecule has 154 valence electrons. The minimum absolute atomic E-state index is 0.373. The maximum atomic E-state index is 6.27. The molecule has 30 heavy (non-hydrogen) atoms. The topological polar surface area (TPSA) is 84.9 Å². The van der Waals surface area contributed by atoms with Crippen molar-refractivity contribution >= 4 is 27.6 Å². The van der Waals surface area contributed by atoms with Crippen molar-refractivity contribution in [3.05, 3.63) is 60.0 Å². The van der Waals surface area contributed by atoms with Gasteiger partial charge in [-0.3, -0.25) is 0 Å². The zero-order chi connectivity index (χ0) is 20.5. The molecule has 0 atom stereocenters. The number of nitrogen functional groups attached to an aromatic ring is 1. The summed E-state index contributed by atoms with van der Waals surface area (Å²) in [5.41, 5.74) is 12.7. The molecule has 1 saturated heterocycles. The van der Waals surface area contributed by atoms with Gasteiger partial charge in [-0.05, 0) is 35.7 Å². The second-order valence-electron chi connectivity index (χ2n) is 7.97. The molecule has 1 aliphatic rings. The van der Waals surface area contributed by atoms with Gasteiger partial charge in [-0.15, -0.1) is 0 Å². The van der Waals surface area contributed by atoms with Crippen LogP contribution < -0.4 is 11.2 Å². The van der Waals surface area contributed by atoms with E-state index in [0.717, 1.165) is 49.2 Å². The molecule has 1 fully saturated rings. The Morgan fingerprint density at radius 1 is 1.07 bits per heavy atom. The highest BCUT2D eigenvalue weighted by Gasteiger charge is 2.21. The van der Waals surface area contributed by atoms with Crippen LogP contribution in [0.3, 0.4) is 0 Å². The smallest absolute Gasteiger partial charge is 0.186 e. The van der Waals surface area contributed by atoms with Crippen molar-refractivity contribution in [2.24, 2.45) is 0 Å². The maximum absolute atomic E-state index is 6.27. The van der Waals surface area contributed by atoms with Gasteiger partial charge in [0.2, 0.25) is 0 Å². The average Bonchev–Trinajstić information content (AvgIpc) is 3.13. The molecule has 4 aromatic rings. The van der Waals surface area contributed by atoms with Crippen LogP contribution in [0, 0.1) is 0 Å². The van der Waals surface area contributed by atoms with Crippen molar-refractivity contribution in [2.45, 2.75) is 32.2 Å². The van der Waals surface area contributed by atoms with Crippen LogP contribution in [0.2, 0.25) is 0 Å². The van der Waals surface area contributed by atoms with Gasteiger partial charge >= 0.3 is 0 Å². The lowest BCUT2D eigenvalue weighted by molar-refractivity contribution is 0.224. The van der Waals surface area contributed by atoms with Crippen LogP contribution in [0.4, 0.5) is 5.82 Å². The number of benzene rings is 2. The summed E-state index contributed by atoms with van der Waals surface area (Å²) in [5, 5.41) is 8.19. The van der Waals surface area contributed by atoms with E-state index in [4.69, 9.17) is 10.8 Å². The summed E-state index contributed by atoms with van der Waals surface area (Å²) in [6.07, 6.45) is 4.38. The van der Waals surface area contributed by atoms with Crippen LogP contribution in [0.15, 0.2) is 48.8 Å². The van der Waals surface area contributed by atoms with Gasteiger partial charge in [0.25, 0.3) is 0 Å². The zero-order valence-electron chi connectivity index (χ0n) is 17.3. The van der Waals surface area contributed by atoms with Crippen molar-refractivity contribution in [2.75, 3.05) is 30.8 Å². The third kappa shape index (κ3) is 3.45. The van der Waals surface area contributed by atoms with Gasteiger partial charge in [0.05, 0.1) is 11.1 Å². The number of rotatable bonds is 5. The van der Waals surface area contributed by atoms with Crippen molar-refractivity contribution in [3.63, 3.8) is 0 Å². The van der Waals surface area contributed by atoms with E-state index in [1.165, 1.54) is 22.7 Å². The fourth-order valence-electron chi connectivity index (χ4n) is 4.44. The summed E-state index contributed by atoms with van der Waals surface area (Å²) >= 11 is 0. The van der Waals surface area contributed by atoms with Gasteiger partial charge in [0, 0.05) is 25.6 Å². The minimum Gasteiger partial charge on any atom is -0.383 e. The molecule has 3 heterocycles. The molecule has 3 N–H and O–H groups in total. The molecular weight excluding hydrogens is 374 g/mol. The van der Waals surface area contributed by atoms with E-state index in [0.29, 0.717) is 18.3 Å². The summed E-state index contributed by atoms with van der Waals surface area (Å²) in [4.78, 5) is 13.0. The van der Waals surface area contributed by atoms with E-state index in [-0.39, 0.29) is 0 Å². The first-order valence-corrected chi connectivity index (χ1v) is 10.7. The predicted molar refractivity (Wildman–Crippen MR) is 121 cm³/mol. The number of fused-ring (bicyclic) bond motifs is 2. The molecule has 0 amide bonds. The highest BCUT2D eigenvalue weighted by Crippen LogP contribution is 2.27. The predicted octanol–water partition coefficient (Wildman–Crippen LogP) is 3.18. The fraction of sp³-hybridized carbons (Fsp3) is 0.348. The molecule has 5 rings (SSSR count). The number of hydrogen-bond acceptors (Lipinski definition) is 6. The summed E-state index contributed by atoms with van der Waals surface area (Å²) in [7, 11) is 0. The fourth-order valence-corrected chi connectivity index (χ4v) is 4.44. The van der Waals surface area contributed by atoms with Crippen molar-refractivity contribution in [1.82, 2.24) is 24.8 Å². The summed E-state index contributed by atoms with van der Waals surface area (Å²) in [6.45, 7) is 5.53. The highest BCUT2D eigenvalue weighted by atomic mass is 15.6. The molecule has 0 aliphatic carbocycles. The van der Waals surface area contributed by atoms with E-state index in [1.807, 2.05) is 4.79 Å². The number of aromatic nitrogens is 4. The van der Waals surface area contributed by atoms with E-state index in [2.05, 4.69) is 69.7 Å². The molecule has 0 saturated carbocycles. The second-order valence-corrected chi connectivity index (χ2v) is 7.97. The van der Waals surface area contributed by atoms with Gasteiger partial charge in [-0.1, -0.05) is 49.4 Å². The number of hydrogen-bond donors (Lipinski definition) is 2. The van der Waals surface area contributed by atoms with E-state index >= 15 is 0 Å². The summed E-state index contributed by atoms with van der Waals surface area (Å²) in [6, 6.07) is 15.2. The second kappa shape index (κ2) is 7.91. The Hall–Kier alpha value is -3.19. The number of nitrogens with zero attached hydrogens (tertiary/aromatic N) is 5. The lowest BCUT2D eigenvalue weighted by atomic mass is 10.0. The first kappa shape index (κ1) is 18.8. The van der Waals surface area contributed by atoms with Crippen LogP contribution in [-0.2, 0) is 6.42 Å². The Morgan fingerprint density at radius 2 is 1.87 bits per heavy atom. The average molecular weight is 402 g/mol.